The van der Waals surface area contributed by atoms with Gasteiger partial charge in [0.1, 0.15) is 11.6 Å². The second-order valence-electron chi connectivity index (χ2n) is 8.86. The number of hydrogen-bond acceptors (Lipinski definition) is 2. The molecule has 6 heteroatoms. The zero-order valence-electron chi connectivity index (χ0n) is 19.6. The third-order valence-electron chi connectivity index (χ3n) is 6.53. The highest BCUT2D eigenvalue weighted by atomic mass is 19.1. The van der Waals surface area contributed by atoms with Crippen molar-refractivity contribution < 1.29 is 18.4 Å². The lowest BCUT2D eigenvalue weighted by atomic mass is 9.89. The van der Waals surface area contributed by atoms with Crippen molar-refractivity contribution in [2.24, 2.45) is 0 Å². The van der Waals surface area contributed by atoms with Crippen LogP contribution in [-0.4, -0.2) is 17.9 Å². The highest BCUT2D eigenvalue weighted by Gasteiger charge is 2.39. The molecule has 1 aliphatic heterocycles. The Morgan fingerprint density at radius 3 is 1.94 bits per heavy atom. The molecule has 36 heavy (non-hydrogen) atoms. The third kappa shape index (κ3) is 4.38. The van der Waals surface area contributed by atoms with Crippen LogP contribution in [-0.2, 0) is 0 Å². The maximum absolute atomic E-state index is 13.8. The lowest BCUT2D eigenvalue weighted by Crippen LogP contribution is -2.47. The lowest BCUT2D eigenvalue weighted by Gasteiger charge is -2.43. The van der Waals surface area contributed by atoms with Crippen LogP contribution in [0.1, 0.15) is 45.7 Å². The number of hydrogen-bond donors (Lipinski definition) is 0. The van der Waals surface area contributed by atoms with Gasteiger partial charge in [-0.25, -0.2) is 8.78 Å². The molecule has 5 rings (SSSR count). The van der Waals surface area contributed by atoms with Crippen molar-refractivity contribution in [3.63, 3.8) is 0 Å². The van der Waals surface area contributed by atoms with Gasteiger partial charge >= 0.3 is 0 Å². The summed E-state index contributed by atoms with van der Waals surface area (Å²) in [5.41, 5.74) is 2.99. The predicted molar refractivity (Wildman–Crippen MR) is 136 cm³/mol. The molecule has 0 saturated heterocycles. The molecule has 0 fully saturated rings. The highest BCUT2D eigenvalue weighted by molar-refractivity contribution is 6.09. The quantitative estimate of drug-likeness (QED) is 0.321. The van der Waals surface area contributed by atoms with Crippen molar-refractivity contribution in [2.75, 3.05) is 9.80 Å². The Morgan fingerprint density at radius 1 is 0.750 bits per heavy atom. The third-order valence-corrected chi connectivity index (χ3v) is 6.53. The van der Waals surface area contributed by atoms with Crippen LogP contribution in [0.5, 0.6) is 0 Å². The first kappa shape index (κ1) is 23.4. The number of carbonyl (C=O) groups is 2. The first-order valence-corrected chi connectivity index (χ1v) is 11.8. The standard InChI is InChI=1S/C30H24F2N2O2/c1-20-19-28(34(25-7-3-2-4-8-25)30(36)22-13-17-24(32)18-14-22)26-9-5-6-10-27(26)33(20)29(35)21-11-15-23(31)16-12-21/h2-18,20,28H,19H2,1H3/t20-,28-/m0/s1. The highest BCUT2D eigenvalue weighted by Crippen LogP contribution is 2.43. The molecule has 2 amide bonds. The topological polar surface area (TPSA) is 40.6 Å². The normalized spacial score (nSPS) is 16.8. The van der Waals surface area contributed by atoms with E-state index in [0.717, 1.165) is 5.56 Å². The van der Waals surface area contributed by atoms with Gasteiger partial charge in [0.05, 0.1) is 6.04 Å². The van der Waals surface area contributed by atoms with E-state index >= 15 is 0 Å². The summed E-state index contributed by atoms with van der Waals surface area (Å²) in [6, 6.07) is 27.3. The van der Waals surface area contributed by atoms with E-state index in [4.69, 9.17) is 0 Å². The van der Waals surface area contributed by atoms with Gasteiger partial charge in [0, 0.05) is 28.5 Å². The number of benzene rings is 4. The average Bonchev–Trinajstić information content (AvgIpc) is 2.90. The first-order valence-electron chi connectivity index (χ1n) is 11.8. The van der Waals surface area contributed by atoms with Crippen LogP contribution in [0.3, 0.4) is 0 Å². The number of carbonyl (C=O) groups excluding carboxylic acids is 2. The van der Waals surface area contributed by atoms with E-state index in [1.54, 1.807) is 9.80 Å². The Morgan fingerprint density at radius 2 is 1.31 bits per heavy atom. The summed E-state index contributed by atoms with van der Waals surface area (Å²) in [6.07, 6.45) is 0.478. The Kier molecular flexibility index (Phi) is 6.34. The summed E-state index contributed by atoms with van der Waals surface area (Å²) in [4.78, 5) is 30.8. The van der Waals surface area contributed by atoms with Crippen LogP contribution in [0.2, 0.25) is 0 Å². The minimum atomic E-state index is -0.413. The van der Waals surface area contributed by atoms with Crippen LogP contribution < -0.4 is 9.80 Å². The molecule has 4 nitrogen and oxygen atoms in total. The molecule has 4 aromatic rings. The summed E-state index contributed by atoms with van der Waals surface area (Å²) in [6.45, 7) is 1.94. The second-order valence-corrected chi connectivity index (χ2v) is 8.86. The fourth-order valence-electron chi connectivity index (χ4n) is 4.83. The van der Waals surface area contributed by atoms with E-state index in [2.05, 4.69) is 0 Å². The smallest absolute Gasteiger partial charge is 0.258 e. The molecule has 4 aromatic carbocycles. The zero-order chi connectivity index (χ0) is 25.2. The largest absolute Gasteiger partial charge is 0.305 e. The molecule has 1 aliphatic rings. The molecule has 1 heterocycles. The van der Waals surface area contributed by atoms with Gasteiger partial charge in [-0.3, -0.25) is 9.59 Å². The number of nitrogens with zero attached hydrogens (tertiary/aromatic N) is 2. The van der Waals surface area contributed by atoms with Crippen LogP contribution >= 0.6 is 0 Å². The van der Waals surface area contributed by atoms with Gasteiger partial charge in [0.25, 0.3) is 11.8 Å². The minimum absolute atomic E-state index is 0.232. The van der Waals surface area contributed by atoms with E-state index in [0.29, 0.717) is 28.9 Å². The zero-order valence-corrected chi connectivity index (χ0v) is 19.6. The van der Waals surface area contributed by atoms with Gasteiger partial charge in [0.15, 0.2) is 0 Å². The fourth-order valence-corrected chi connectivity index (χ4v) is 4.83. The van der Waals surface area contributed by atoms with Crippen molar-refractivity contribution in [1.29, 1.82) is 0 Å². The van der Waals surface area contributed by atoms with Gasteiger partial charge in [-0.2, -0.15) is 0 Å². The summed E-state index contributed by atoms with van der Waals surface area (Å²) in [7, 11) is 0. The summed E-state index contributed by atoms with van der Waals surface area (Å²) in [5, 5.41) is 0. The molecule has 0 saturated carbocycles. The van der Waals surface area contributed by atoms with E-state index in [-0.39, 0.29) is 23.9 Å². The molecule has 0 spiro atoms. The van der Waals surface area contributed by atoms with Crippen molar-refractivity contribution >= 4 is 23.2 Å². The summed E-state index contributed by atoms with van der Waals surface area (Å²) < 4.78 is 27.0. The first-order chi connectivity index (χ1) is 17.4. The molecule has 0 aliphatic carbocycles. The lowest BCUT2D eigenvalue weighted by molar-refractivity contribution is 0.0965. The predicted octanol–water partition coefficient (Wildman–Crippen LogP) is 6.79. The van der Waals surface area contributed by atoms with Gasteiger partial charge in [-0.1, -0.05) is 36.4 Å². The SMILES string of the molecule is C[C@H]1C[C@H](N(C(=O)c2ccc(F)cc2)c2ccccc2)c2ccccc2N1C(=O)c1ccc(F)cc1. The van der Waals surface area contributed by atoms with Gasteiger partial charge < -0.3 is 9.80 Å². The summed E-state index contributed by atoms with van der Waals surface area (Å²) >= 11 is 0. The van der Waals surface area contributed by atoms with Gasteiger partial charge in [-0.05, 0) is 85.6 Å². The van der Waals surface area contributed by atoms with Crippen molar-refractivity contribution in [3.05, 3.63) is 131 Å². The van der Waals surface area contributed by atoms with E-state index in [1.807, 2.05) is 61.5 Å². The molecule has 0 bridgehead atoms. The Bertz CT molecular complexity index is 1390. The second kappa shape index (κ2) is 9.74. The van der Waals surface area contributed by atoms with Crippen molar-refractivity contribution in [3.8, 4) is 0 Å². The van der Waals surface area contributed by atoms with Gasteiger partial charge in [-0.15, -0.1) is 0 Å². The molecular weight excluding hydrogens is 458 g/mol. The van der Waals surface area contributed by atoms with Crippen LogP contribution in [0.25, 0.3) is 0 Å². The van der Waals surface area contributed by atoms with Gasteiger partial charge in [0.2, 0.25) is 0 Å². The maximum atomic E-state index is 13.8. The Balaban J connectivity index is 1.60. The molecule has 2 atom stereocenters. The molecule has 0 N–H and O–H groups in total. The molecule has 0 radical (unpaired) electrons. The molecule has 0 unspecified atom stereocenters. The van der Waals surface area contributed by atoms with Crippen LogP contribution in [0.4, 0.5) is 20.2 Å². The molecule has 180 valence electrons. The van der Waals surface area contributed by atoms with E-state index in [9.17, 15) is 18.4 Å². The minimum Gasteiger partial charge on any atom is -0.305 e. The number of rotatable bonds is 4. The number of halogens is 2. The molecule has 0 aromatic heterocycles. The van der Waals surface area contributed by atoms with Crippen LogP contribution in [0, 0.1) is 11.6 Å². The maximum Gasteiger partial charge on any atom is 0.258 e. The number of anilines is 2. The van der Waals surface area contributed by atoms with Crippen molar-refractivity contribution in [1.82, 2.24) is 0 Å². The van der Waals surface area contributed by atoms with Crippen molar-refractivity contribution in [2.45, 2.75) is 25.4 Å². The number of fused-ring (bicyclic) bond motifs is 1. The average molecular weight is 483 g/mol. The monoisotopic (exact) mass is 482 g/mol. The summed E-state index contributed by atoms with van der Waals surface area (Å²) in [5.74, 6) is -1.31. The number of amides is 2. The van der Waals surface area contributed by atoms with E-state index < -0.39 is 11.6 Å². The Hall–Kier alpha value is -4.32. The number of para-hydroxylation sites is 2. The fraction of sp³-hybridized carbons (Fsp3) is 0.133. The molecular formula is C30H24F2N2O2. The van der Waals surface area contributed by atoms with E-state index in [1.165, 1.54) is 48.5 Å². The Labute approximate surface area is 208 Å². The van der Waals surface area contributed by atoms with Crippen LogP contribution in [0.15, 0.2) is 103 Å².